The molecule has 1 atom stereocenters. The number of carbonyl (C=O) groups is 1. The van der Waals surface area contributed by atoms with Gasteiger partial charge in [0.25, 0.3) is 5.88 Å². The standard InChI is InChI=1S/C18H23N5O2S/c1-22(2)17-18(21-10-9-20-17)25-14-4-3-11-23(12-14)16(24)13-26-15-5-7-19-8-6-15/h5-10,14H,3-4,11-13H2,1-2H3. The molecule has 26 heavy (non-hydrogen) atoms. The van der Waals surface area contributed by atoms with Crippen LogP contribution in [-0.2, 0) is 4.79 Å². The van der Waals surface area contributed by atoms with Crippen molar-refractivity contribution in [1.29, 1.82) is 0 Å². The summed E-state index contributed by atoms with van der Waals surface area (Å²) in [6.45, 7) is 1.36. The van der Waals surface area contributed by atoms with E-state index in [2.05, 4.69) is 15.0 Å². The minimum atomic E-state index is -0.0611. The van der Waals surface area contributed by atoms with E-state index in [1.54, 1.807) is 24.8 Å². The smallest absolute Gasteiger partial charge is 0.257 e. The Kier molecular flexibility index (Phi) is 6.27. The summed E-state index contributed by atoms with van der Waals surface area (Å²) in [5.41, 5.74) is 0. The molecule has 0 N–H and O–H groups in total. The maximum Gasteiger partial charge on any atom is 0.257 e. The highest BCUT2D eigenvalue weighted by Crippen LogP contribution is 2.25. The number of ether oxygens (including phenoxy) is 1. The van der Waals surface area contributed by atoms with Crippen molar-refractivity contribution in [1.82, 2.24) is 19.9 Å². The van der Waals surface area contributed by atoms with Gasteiger partial charge in [0.1, 0.15) is 6.10 Å². The van der Waals surface area contributed by atoms with E-state index >= 15 is 0 Å². The number of aromatic nitrogens is 3. The third-order valence-electron chi connectivity index (χ3n) is 4.09. The highest BCUT2D eigenvalue weighted by molar-refractivity contribution is 8.00. The number of nitrogens with zero attached hydrogens (tertiary/aromatic N) is 5. The minimum Gasteiger partial charge on any atom is -0.470 e. The molecule has 2 aromatic rings. The van der Waals surface area contributed by atoms with Crippen LogP contribution in [0.3, 0.4) is 0 Å². The monoisotopic (exact) mass is 373 g/mol. The molecule has 1 aliphatic heterocycles. The average molecular weight is 373 g/mol. The highest BCUT2D eigenvalue weighted by atomic mass is 32.2. The fourth-order valence-corrected chi connectivity index (χ4v) is 3.58. The first kappa shape index (κ1) is 18.4. The summed E-state index contributed by atoms with van der Waals surface area (Å²) >= 11 is 1.53. The SMILES string of the molecule is CN(C)c1nccnc1OC1CCCN(C(=O)CSc2ccncc2)C1. The third kappa shape index (κ3) is 4.85. The Labute approximate surface area is 157 Å². The van der Waals surface area contributed by atoms with E-state index in [1.807, 2.05) is 36.0 Å². The lowest BCUT2D eigenvalue weighted by Crippen LogP contribution is -2.45. The van der Waals surface area contributed by atoms with Crippen LogP contribution in [-0.4, -0.2) is 64.8 Å². The van der Waals surface area contributed by atoms with Gasteiger partial charge in [-0.05, 0) is 25.0 Å². The molecule has 0 saturated carbocycles. The van der Waals surface area contributed by atoms with Crippen molar-refractivity contribution < 1.29 is 9.53 Å². The van der Waals surface area contributed by atoms with Crippen LogP contribution in [0.5, 0.6) is 5.88 Å². The summed E-state index contributed by atoms with van der Waals surface area (Å²) in [6.07, 6.45) is 8.52. The molecule has 0 spiro atoms. The van der Waals surface area contributed by atoms with Gasteiger partial charge in [-0.25, -0.2) is 9.97 Å². The molecule has 1 amide bonds. The average Bonchev–Trinajstić information content (AvgIpc) is 2.67. The molecule has 0 aromatic carbocycles. The zero-order valence-electron chi connectivity index (χ0n) is 15.0. The number of piperidine rings is 1. The lowest BCUT2D eigenvalue weighted by molar-refractivity contribution is -0.130. The zero-order valence-corrected chi connectivity index (χ0v) is 15.9. The number of anilines is 1. The number of hydrogen-bond donors (Lipinski definition) is 0. The zero-order chi connectivity index (χ0) is 18.4. The number of likely N-dealkylation sites (tertiary alicyclic amines) is 1. The van der Waals surface area contributed by atoms with Gasteiger partial charge in [-0.15, -0.1) is 11.8 Å². The van der Waals surface area contributed by atoms with E-state index < -0.39 is 0 Å². The summed E-state index contributed by atoms with van der Waals surface area (Å²) in [5, 5.41) is 0. The Bertz CT molecular complexity index is 729. The molecule has 3 rings (SSSR count). The topological polar surface area (TPSA) is 71.5 Å². The molecule has 1 unspecified atom stereocenters. The number of hydrogen-bond acceptors (Lipinski definition) is 7. The lowest BCUT2D eigenvalue weighted by atomic mass is 10.1. The quantitative estimate of drug-likeness (QED) is 0.718. The van der Waals surface area contributed by atoms with Gasteiger partial charge in [0.2, 0.25) is 5.91 Å². The van der Waals surface area contributed by atoms with E-state index in [9.17, 15) is 4.79 Å². The van der Waals surface area contributed by atoms with Gasteiger partial charge in [0, 0.05) is 50.3 Å². The van der Waals surface area contributed by atoms with Crippen molar-refractivity contribution in [2.24, 2.45) is 0 Å². The molecule has 0 radical (unpaired) electrons. The van der Waals surface area contributed by atoms with E-state index in [0.717, 1.165) is 24.3 Å². The van der Waals surface area contributed by atoms with Crippen LogP contribution in [0.25, 0.3) is 0 Å². The molecule has 0 aliphatic carbocycles. The van der Waals surface area contributed by atoms with Crippen molar-refractivity contribution in [2.75, 3.05) is 37.8 Å². The second-order valence-electron chi connectivity index (χ2n) is 6.27. The number of amides is 1. The maximum atomic E-state index is 12.5. The molecule has 8 heteroatoms. The molecule has 7 nitrogen and oxygen atoms in total. The van der Waals surface area contributed by atoms with E-state index in [-0.39, 0.29) is 12.0 Å². The summed E-state index contributed by atoms with van der Waals surface area (Å²) in [7, 11) is 3.81. The molecule has 3 heterocycles. The highest BCUT2D eigenvalue weighted by Gasteiger charge is 2.26. The van der Waals surface area contributed by atoms with Gasteiger partial charge in [0.15, 0.2) is 5.82 Å². The van der Waals surface area contributed by atoms with Crippen molar-refractivity contribution in [3.05, 3.63) is 36.9 Å². The first-order valence-electron chi connectivity index (χ1n) is 8.59. The van der Waals surface area contributed by atoms with Crippen LogP contribution in [0.2, 0.25) is 0 Å². The molecule has 1 saturated heterocycles. The third-order valence-corrected chi connectivity index (χ3v) is 5.09. The first-order chi connectivity index (χ1) is 12.6. The second-order valence-corrected chi connectivity index (χ2v) is 7.32. The van der Waals surface area contributed by atoms with Crippen LogP contribution in [0.1, 0.15) is 12.8 Å². The van der Waals surface area contributed by atoms with Gasteiger partial charge in [-0.3, -0.25) is 9.78 Å². The predicted octanol–water partition coefficient (Wildman–Crippen LogP) is 2.10. The Morgan fingerprint density at radius 2 is 2.04 bits per heavy atom. The van der Waals surface area contributed by atoms with Gasteiger partial charge < -0.3 is 14.5 Å². The number of thioether (sulfide) groups is 1. The fraction of sp³-hybridized carbons (Fsp3) is 0.444. The Morgan fingerprint density at radius 3 is 2.81 bits per heavy atom. The fourth-order valence-electron chi connectivity index (χ4n) is 2.80. The molecular formula is C18H23N5O2S. The Hall–Kier alpha value is -2.35. The van der Waals surface area contributed by atoms with E-state index in [4.69, 9.17) is 4.74 Å². The lowest BCUT2D eigenvalue weighted by Gasteiger charge is -2.33. The first-order valence-corrected chi connectivity index (χ1v) is 9.57. The van der Waals surface area contributed by atoms with Gasteiger partial charge in [0.05, 0.1) is 12.3 Å². The molecule has 2 aromatic heterocycles. The number of carbonyl (C=O) groups excluding carboxylic acids is 1. The largest absolute Gasteiger partial charge is 0.470 e. The normalized spacial score (nSPS) is 17.0. The van der Waals surface area contributed by atoms with Crippen LogP contribution < -0.4 is 9.64 Å². The Balaban J connectivity index is 1.56. The molecule has 138 valence electrons. The van der Waals surface area contributed by atoms with Gasteiger partial charge in [-0.1, -0.05) is 0 Å². The van der Waals surface area contributed by atoms with Crippen molar-refractivity contribution in [3.63, 3.8) is 0 Å². The van der Waals surface area contributed by atoms with Crippen molar-refractivity contribution in [2.45, 2.75) is 23.8 Å². The van der Waals surface area contributed by atoms with Gasteiger partial charge >= 0.3 is 0 Å². The van der Waals surface area contributed by atoms with Crippen LogP contribution in [0.4, 0.5) is 5.82 Å². The van der Waals surface area contributed by atoms with Crippen molar-refractivity contribution >= 4 is 23.5 Å². The number of rotatable bonds is 6. The second kappa shape index (κ2) is 8.84. The minimum absolute atomic E-state index is 0.0611. The molecule has 1 fully saturated rings. The summed E-state index contributed by atoms with van der Waals surface area (Å²) in [6, 6.07) is 3.83. The van der Waals surface area contributed by atoms with Crippen LogP contribution in [0.15, 0.2) is 41.8 Å². The predicted molar refractivity (Wildman–Crippen MR) is 102 cm³/mol. The molecule has 1 aliphatic rings. The molecular weight excluding hydrogens is 350 g/mol. The van der Waals surface area contributed by atoms with Crippen LogP contribution >= 0.6 is 11.8 Å². The summed E-state index contributed by atoms with van der Waals surface area (Å²) < 4.78 is 6.07. The van der Waals surface area contributed by atoms with Crippen molar-refractivity contribution in [3.8, 4) is 5.88 Å². The van der Waals surface area contributed by atoms with E-state index in [0.29, 0.717) is 24.0 Å². The number of pyridine rings is 1. The van der Waals surface area contributed by atoms with Crippen LogP contribution in [0, 0.1) is 0 Å². The van der Waals surface area contributed by atoms with Gasteiger partial charge in [-0.2, -0.15) is 0 Å². The summed E-state index contributed by atoms with van der Waals surface area (Å²) in [5.74, 6) is 1.77. The Morgan fingerprint density at radius 1 is 1.27 bits per heavy atom. The maximum absolute atomic E-state index is 12.5. The molecule has 0 bridgehead atoms. The summed E-state index contributed by atoms with van der Waals surface area (Å²) in [4.78, 5) is 30.0. The van der Waals surface area contributed by atoms with E-state index in [1.165, 1.54) is 11.8 Å².